The summed E-state index contributed by atoms with van der Waals surface area (Å²) in [4.78, 5) is 10.6. The lowest BCUT2D eigenvalue weighted by Gasteiger charge is -2.08. The molecule has 0 aliphatic rings. The Morgan fingerprint density at radius 1 is 1.11 bits per heavy atom. The minimum Gasteiger partial charge on any atom is -0.406 e. The molecule has 12 heteroatoms. The molecule has 1 amide bonds. The molecule has 28 heavy (non-hydrogen) atoms. The van der Waals surface area contributed by atoms with Crippen molar-refractivity contribution in [3.8, 4) is 5.75 Å². The smallest absolute Gasteiger partial charge is 0.406 e. The summed E-state index contributed by atoms with van der Waals surface area (Å²) in [6.07, 6.45) is -3.74. The monoisotopic (exact) mass is 457 g/mol. The van der Waals surface area contributed by atoms with Crippen LogP contribution in [0.25, 0.3) is 6.08 Å². The van der Waals surface area contributed by atoms with Gasteiger partial charge in [-0.05, 0) is 42.0 Å². The summed E-state index contributed by atoms with van der Waals surface area (Å²) in [5.41, 5.74) is 5.59. The molecule has 6 nitrogen and oxygen atoms in total. The zero-order valence-electron chi connectivity index (χ0n) is 13.7. The first-order chi connectivity index (χ1) is 12.8. The lowest BCUT2D eigenvalue weighted by Crippen LogP contribution is -2.16. The number of ether oxygens (including phenoxy) is 1. The van der Waals surface area contributed by atoms with Crippen molar-refractivity contribution in [2.75, 3.05) is 0 Å². The maximum Gasteiger partial charge on any atom is 0.573 e. The predicted octanol–water partition coefficient (Wildman–Crippen LogP) is 4.54. The van der Waals surface area contributed by atoms with Gasteiger partial charge in [-0.1, -0.05) is 35.3 Å². The Bertz CT molecular complexity index is 961. The Labute approximate surface area is 168 Å². The van der Waals surface area contributed by atoms with Gasteiger partial charge in [-0.25, -0.2) is 0 Å². The van der Waals surface area contributed by atoms with E-state index in [0.717, 1.165) is 18.2 Å². The third-order valence-electron chi connectivity index (χ3n) is 2.74. The number of carbonyl (C=O) groups is 1. The van der Waals surface area contributed by atoms with Crippen molar-refractivity contribution >= 4 is 45.3 Å². The van der Waals surface area contributed by atoms with E-state index in [2.05, 4.69) is 4.74 Å². The first-order valence-electron chi connectivity index (χ1n) is 7.03. The number of amides is 1. The van der Waals surface area contributed by atoms with Crippen LogP contribution in [-0.4, -0.2) is 25.2 Å². The Morgan fingerprint density at radius 3 is 2.11 bits per heavy atom. The molecule has 0 radical (unpaired) electrons. The molecular weight excluding hydrogens is 446 g/mol. The quantitative estimate of drug-likeness (QED) is 0.655. The number of primary amides is 1. The zero-order chi connectivity index (χ0) is 21.5. The second-order valence-electron chi connectivity index (χ2n) is 4.92. The second-order valence-corrected chi connectivity index (χ2v) is 7.07. The van der Waals surface area contributed by atoms with Gasteiger partial charge in [-0.2, -0.15) is 8.42 Å². The van der Waals surface area contributed by atoms with Crippen LogP contribution in [0.4, 0.5) is 13.2 Å². The molecule has 0 unspecified atom stereocenters. The molecule has 0 fully saturated rings. The van der Waals surface area contributed by atoms with Crippen LogP contribution in [0.5, 0.6) is 5.75 Å². The molecule has 0 bridgehead atoms. The van der Waals surface area contributed by atoms with E-state index in [-0.39, 0.29) is 10.6 Å². The van der Waals surface area contributed by atoms with Crippen LogP contribution in [0.3, 0.4) is 0 Å². The van der Waals surface area contributed by atoms with E-state index in [9.17, 15) is 26.4 Å². The number of carbonyl (C=O) groups excluding carboxylic acids is 1. The van der Waals surface area contributed by atoms with Gasteiger partial charge in [0.1, 0.15) is 5.75 Å². The number of rotatable bonds is 4. The fraction of sp³-hybridized carbons (Fsp3) is 0.0625. The van der Waals surface area contributed by atoms with E-state index >= 15 is 0 Å². The standard InChI is InChI=1S/C9H7F3O4S.C7H5Cl2NO/c10-9(11,12)16-8-3-1-7(2-4-8)5-6-17(13,14)15;8-4-1-2-5(7(10)11)6(9)3-4/h1-6H,(H,13,14,15);1-3H,(H2,10,11)/b6-5+;. The molecule has 0 aliphatic heterocycles. The Kier molecular flexibility index (Phi) is 8.30. The van der Waals surface area contributed by atoms with E-state index in [0.29, 0.717) is 16.0 Å². The summed E-state index contributed by atoms with van der Waals surface area (Å²) >= 11 is 11.2. The van der Waals surface area contributed by atoms with Crippen LogP contribution >= 0.6 is 23.2 Å². The summed E-state index contributed by atoms with van der Waals surface area (Å²) < 4.78 is 68.1. The van der Waals surface area contributed by atoms with Crippen molar-refractivity contribution in [1.29, 1.82) is 0 Å². The topological polar surface area (TPSA) is 107 Å². The van der Waals surface area contributed by atoms with Crippen molar-refractivity contribution in [1.82, 2.24) is 0 Å². The highest BCUT2D eigenvalue weighted by Crippen LogP contribution is 2.23. The fourth-order valence-electron chi connectivity index (χ4n) is 1.63. The van der Waals surface area contributed by atoms with Crippen LogP contribution < -0.4 is 10.5 Å². The first-order valence-corrected chi connectivity index (χ1v) is 9.29. The SMILES string of the molecule is NC(=O)c1ccc(Cl)cc1Cl.O=S(=O)(O)/C=C/c1ccc(OC(F)(F)F)cc1. The Hall–Kier alpha value is -2.27. The molecule has 0 saturated heterocycles. The van der Waals surface area contributed by atoms with Gasteiger partial charge in [0.15, 0.2) is 0 Å². The maximum atomic E-state index is 11.8. The minimum atomic E-state index is -4.77. The van der Waals surface area contributed by atoms with Gasteiger partial charge in [-0.15, -0.1) is 13.2 Å². The van der Waals surface area contributed by atoms with E-state index in [1.807, 2.05) is 0 Å². The molecule has 2 rings (SSSR count). The summed E-state index contributed by atoms with van der Waals surface area (Å²) in [6.45, 7) is 0. The number of halogens is 5. The van der Waals surface area contributed by atoms with Crippen LogP contribution in [0.15, 0.2) is 47.9 Å². The highest BCUT2D eigenvalue weighted by molar-refractivity contribution is 7.88. The minimum absolute atomic E-state index is 0.282. The van der Waals surface area contributed by atoms with E-state index in [1.54, 1.807) is 6.07 Å². The van der Waals surface area contributed by atoms with E-state index < -0.39 is 28.1 Å². The molecule has 3 N–H and O–H groups in total. The fourth-order valence-corrected chi connectivity index (χ4v) is 2.47. The van der Waals surface area contributed by atoms with Crippen LogP contribution in [-0.2, 0) is 10.1 Å². The van der Waals surface area contributed by atoms with Gasteiger partial charge in [0.05, 0.1) is 16.0 Å². The lowest BCUT2D eigenvalue weighted by atomic mass is 10.2. The average molecular weight is 458 g/mol. The molecule has 0 saturated carbocycles. The first kappa shape index (κ1) is 23.8. The van der Waals surface area contributed by atoms with Gasteiger partial charge < -0.3 is 10.5 Å². The van der Waals surface area contributed by atoms with E-state index in [4.69, 9.17) is 33.5 Å². The number of hydrogen-bond acceptors (Lipinski definition) is 4. The maximum absolute atomic E-state index is 11.8. The molecule has 0 spiro atoms. The lowest BCUT2D eigenvalue weighted by molar-refractivity contribution is -0.274. The Morgan fingerprint density at radius 2 is 1.68 bits per heavy atom. The number of alkyl halides is 3. The Balaban J connectivity index is 0.000000307. The number of hydrogen-bond donors (Lipinski definition) is 2. The van der Waals surface area contributed by atoms with Gasteiger partial charge in [-0.3, -0.25) is 9.35 Å². The largest absolute Gasteiger partial charge is 0.573 e. The third kappa shape index (κ3) is 9.60. The summed E-state index contributed by atoms with van der Waals surface area (Å²) in [5, 5.41) is 1.29. The molecule has 0 aromatic heterocycles. The summed E-state index contributed by atoms with van der Waals surface area (Å²) in [7, 11) is -4.25. The van der Waals surface area contributed by atoms with Crippen molar-refractivity contribution in [3.05, 3.63) is 69.0 Å². The second kappa shape index (κ2) is 9.78. The van der Waals surface area contributed by atoms with Gasteiger partial charge in [0, 0.05) is 5.02 Å². The highest BCUT2D eigenvalue weighted by atomic mass is 35.5. The van der Waals surface area contributed by atoms with Gasteiger partial charge >= 0.3 is 6.36 Å². The number of nitrogens with two attached hydrogens (primary N) is 1. The van der Waals surface area contributed by atoms with Crippen LogP contribution in [0.2, 0.25) is 10.0 Å². The van der Waals surface area contributed by atoms with Crippen molar-refractivity contribution in [2.24, 2.45) is 5.73 Å². The molecule has 2 aromatic rings. The zero-order valence-corrected chi connectivity index (χ0v) is 16.0. The molecule has 152 valence electrons. The van der Waals surface area contributed by atoms with Crippen LogP contribution in [0.1, 0.15) is 15.9 Å². The molecule has 0 atom stereocenters. The van der Waals surface area contributed by atoms with Gasteiger partial charge in [0.25, 0.3) is 10.1 Å². The normalized spacial score (nSPS) is 11.6. The van der Waals surface area contributed by atoms with Crippen LogP contribution in [0, 0.1) is 0 Å². The van der Waals surface area contributed by atoms with Crippen molar-refractivity contribution in [2.45, 2.75) is 6.36 Å². The highest BCUT2D eigenvalue weighted by Gasteiger charge is 2.30. The summed E-state index contributed by atoms with van der Waals surface area (Å²) in [5.74, 6) is -0.965. The molecule has 2 aromatic carbocycles. The molecular formula is C16H12Cl2F3NO5S. The predicted molar refractivity (Wildman–Crippen MR) is 98.7 cm³/mol. The van der Waals surface area contributed by atoms with Crippen molar-refractivity contribution in [3.63, 3.8) is 0 Å². The van der Waals surface area contributed by atoms with Crippen molar-refractivity contribution < 1.29 is 35.7 Å². The van der Waals surface area contributed by atoms with Gasteiger partial charge in [0.2, 0.25) is 5.91 Å². The third-order valence-corrected chi connectivity index (χ3v) is 3.77. The molecule has 0 heterocycles. The van der Waals surface area contributed by atoms with E-state index in [1.165, 1.54) is 24.3 Å². The number of benzene rings is 2. The molecule has 0 aliphatic carbocycles. The average Bonchev–Trinajstić information content (AvgIpc) is 2.52. The summed E-state index contributed by atoms with van der Waals surface area (Å²) in [6, 6.07) is 9.00.